The van der Waals surface area contributed by atoms with Crippen molar-refractivity contribution in [3.05, 3.63) is 35.4 Å². The molecule has 2 amide bonds. The maximum absolute atomic E-state index is 12.9. The predicted molar refractivity (Wildman–Crippen MR) is 111 cm³/mol. The van der Waals surface area contributed by atoms with Crippen LogP contribution in [0.5, 0.6) is 23.0 Å². The van der Waals surface area contributed by atoms with Gasteiger partial charge in [0, 0.05) is 36.9 Å². The first-order chi connectivity index (χ1) is 14.5. The van der Waals surface area contributed by atoms with Gasteiger partial charge < -0.3 is 29.2 Å². The summed E-state index contributed by atoms with van der Waals surface area (Å²) in [5, 5.41) is 3.19. The molecule has 9 heteroatoms. The second-order valence-electron chi connectivity index (χ2n) is 6.91. The van der Waals surface area contributed by atoms with E-state index in [1.165, 1.54) is 14.2 Å². The number of carbonyl (C=O) groups excluding carboxylic acids is 2. The van der Waals surface area contributed by atoms with Crippen LogP contribution in [0, 0.1) is 5.92 Å². The predicted octanol–water partition coefficient (Wildman–Crippen LogP) is 3.12. The van der Waals surface area contributed by atoms with Gasteiger partial charge in [-0.1, -0.05) is 11.6 Å². The van der Waals surface area contributed by atoms with Crippen molar-refractivity contribution in [3.8, 4) is 23.0 Å². The summed E-state index contributed by atoms with van der Waals surface area (Å²) in [5.74, 6) is 1.12. The van der Waals surface area contributed by atoms with E-state index >= 15 is 0 Å². The maximum atomic E-state index is 12.9. The summed E-state index contributed by atoms with van der Waals surface area (Å²) in [7, 11) is 2.97. The molecule has 30 heavy (non-hydrogen) atoms. The van der Waals surface area contributed by atoms with Crippen LogP contribution in [-0.2, 0) is 9.59 Å². The molecule has 0 bridgehead atoms. The smallest absolute Gasteiger partial charge is 0.229 e. The van der Waals surface area contributed by atoms with Crippen molar-refractivity contribution in [2.45, 2.75) is 6.42 Å². The molecule has 158 valence electrons. The lowest BCUT2D eigenvalue weighted by Crippen LogP contribution is -2.28. The standard InChI is InChI=1S/C21H21ClN2O6/c1-27-17-10-15(18(28-2)9-14(17)22)23-21(26)12-7-20(25)24(11-12)13-3-4-16-19(8-13)30-6-5-29-16/h3-4,8-10,12H,5-7,11H2,1-2H3,(H,23,26)/t12-/m0/s1. The number of hydrogen-bond acceptors (Lipinski definition) is 6. The van der Waals surface area contributed by atoms with Crippen molar-refractivity contribution < 1.29 is 28.5 Å². The molecule has 2 aromatic carbocycles. The van der Waals surface area contributed by atoms with Gasteiger partial charge in [-0.3, -0.25) is 9.59 Å². The van der Waals surface area contributed by atoms with Crippen molar-refractivity contribution >= 4 is 34.8 Å². The van der Waals surface area contributed by atoms with E-state index in [0.29, 0.717) is 52.6 Å². The minimum Gasteiger partial charge on any atom is -0.495 e. The number of nitrogens with one attached hydrogen (secondary N) is 1. The number of nitrogens with zero attached hydrogens (tertiary/aromatic N) is 1. The Balaban J connectivity index is 1.50. The minimum absolute atomic E-state index is 0.104. The second-order valence-corrected chi connectivity index (χ2v) is 7.32. The highest BCUT2D eigenvalue weighted by Crippen LogP contribution is 2.38. The van der Waals surface area contributed by atoms with E-state index in [2.05, 4.69) is 5.32 Å². The summed E-state index contributed by atoms with van der Waals surface area (Å²) >= 11 is 6.11. The summed E-state index contributed by atoms with van der Waals surface area (Å²) in [6, 6.07) is 8.49. The van der Waals surface area contributed by atoms with E-state index in [9.17, 15) is 9.59 Å². The molecule has 1 saturated heterocycles. The molecule has 8 nitrogen and oxygen atoms in total. The Labute approximate surface area is 178 Å². The number of rotatable bonds is 5. The maximum Gasteiger partial charge on any atom is 0.229 e. The topological polar surface area (TPSA) is 86.3 Å². The first-order valence-corrected chi connectivity index (χ1v) is 9.80. The largest absolute Gasteiger partial charge is 0.495 e. The summed E-state index contributed by atoms with van der Waals surface area (Å²) in [6.45, 7) is 1.22. The Morgan fingerprint density at radius 1 is 1.10 bits per heavy atom. The van der Waals surface area contributed by atoms with Crippen LogP contribution in [0.2, 0.25) is 5.02 Å². The van der Waals surface area contributed by atoms with E-state index < -0.39 is 5.92 Å². The number of fused-ring (bicyclic) bond motifs is 1. The third kappa shape index (κ3) is 3.82. The van der Waals surface area contributed by atoms with Crippen LogP contribution in [0.15, 0.2) is 30.3 Å². The Bertz CT molecular complexity index is 996. The summed E-state index contributed by atoms with van der Waals surface area (Å²) in [4.78, 5) is 27.0. The molecule has 0 saturated carbocycles. The average molecular weight is 433 g/mol. The van der Waals surface area contributed by atoms with Crippen LogP contribution in [0.25, 0.3) is 0 Å². The van der Waals surface area contributed by atoms with Crippen molar-refractivity contribution in [3.63, 3.8) is 0 Å². The zero-order valence-electron chi connectivity index (χ0n) is 16.6. The number of benzene rings is 2. The van der Waals surface area contributed by atoms with Gasteiger partial charge in [0.15, 0.2) is 11.5 Å². The monoisotopic (exact) mass is 432 g/mol. The van der Waals surface area contributed by atoms with Gasteiger partial charge in [-0.2, -0.15) is 0 Å². The van der Waals surface area contributed by atoms with Crippen LogP contribution in [0.3, 0.4) is 0 Å². The summed E-state index contributed by atoms with van der Waals surface area (Å²) in [6.07, 6.45) is 0.104. The highest BCUT2D eigenvalue weighted by atomic mass is 35.5. The van der Waals surface area contributed by atoms with Gasteiger partial charge in [0.1, 0.15) is 24.7 Å². The molecule has 0 spiro atoms. The van der Waals surface area contributed by atoms with Gasteiger partial charge in [0.2, 0.25) is 11.8 Å². The highest BCUT2D eigenvalue weighted by molar-refractivity contribution is 6.32. The van der Waals surface area contributed by atoms with Crippen molar-refractivity contribution in [2.75, 3.05) is 44.2 Å². The van der Waals surface area contributed by atoms with E-state index in [4.69, 9.17) is 30.5 Å². The van der Waals surface area contributed by atoms with Crippen LogP contribution in [0.4, 0.5) is 11.4 Å². The van der Waals surface area contributed by atoms with Gasteiger partial charge in [0.05, 0.1) is 30.8 Å². The Morgan fingerprint density at radius 3 is 2.57 bits per heavy atom. The number of hydrogen-bond donors (Lipinski definition) is 1. The fourth-order valence-electron chi connectivity index (χ4n) is 3.53. The molecule has 1 N–H and O–H groups in total. The normalized spacial score (nSPS) is 17.6. The Kier molecular flexibility index (Phi) is 5.59. The number of anilines is 2. The molecule has 1 fully saturated rings. The Hall–Kier alpha value is -3.13. The third-order valence-corrected chi connectivity index (χ3v) is 5.36. The molecule has 0 aliphatic carbocycles. The fraction of sp³-hybridized carbons (Fsp3) is 0.333. The lowest BCUT2D eigenvalue weighted by Gasteiger charge is -2.22. The first kappa shape index (κ1) is 20.2. The van der Waals surface area contributed by atoms with Crippen molar-refractivity contribution in [2.24, 2.45) is 5.92 Å². The molecule has 0 unspecified atom stereocenters. The molecule has 2 aliphatic heterocycles. The number of methoxy groups -OCH3 is 2. The zero-order chi connectivity index (χ0) is 21.3. The number of halogens is 1. The van der Waals surface area contributed by atoms with Crippen molar-refractivity contribution in [1.82, 2.24) is 0 Å². The first-order valence-electron chi connectivity index (χ1n) is 9.42. The SMILES string of the molecule is COc1cc(NC(=O)[C@H]2CC(=O)N(c3ccc4c(c3)OCCO4)C2)c(OC)cc1Cl. The number of ether oxygens (including phenoxy) is 4. The molecule has 2 aromatic rings. The van der Waals surface area contributed by atoms with E-state index in [1.54, 1.807) is 35.2 Å². The molecule has 2 heterocycles. The lowest BCUT2D eigenvalue weighted by atomic mass is 10.1. The zero-order valence-corrected chi connectivity index (χ0v) is 17.3. The molecular weight excluding hydrogens is 412 g/mol. The van der Waals surface area contributed by atoms with E-state index in [-0.39, 0.29) is 24.8 Å². The highest BCUT2D eigenvalue weighted by Gasteiger charge is 2.36. The number of amides is 2. The molecule has 1 atom stereocenters. The van der Waals surface area contributed by atoms with Crippen molar-refractivity contribution in [1.29, 1.82) is 0 Å². The fourth-order valence-corrected chi connectivity index (χ4v) is 3.76. The molecule has 0 aromatic heterocycles. The van der Waals surface area contributed by atoms with E-state index in [1.807, 2.05) is 0 Å². The van der Waals surface area contributed by atoms with Crippen LogP contribution < -0.4 is 29.2 Å². The summed E-state index contributed by atoms with van der Waals surface area (Å²) in [5.41, 5.74) is 1.10. The molecular formula is C21H21ClN2O6. The molecule has 0 radical (unpaired) electrons. The third-order valence-electron chi connectivity index (χ3n) is 5.07. The van der Waals surface area contributed by atoms with Gasteiger partial charge >= 0.3 is 0 Å². The second kappa shape index (κ2) is 8.31. The van der Waals surface area contributed by atoms with Gasteiger partial charge in [-0.25, -0.2) is 0 Å². The van der Waals surface area contributed by atoms with Gasteiger partial charge in [-0.15, -0.1) is 0 Å². The van der Waals surface area contributed by atoms with Crippen LogP contribution >= 0.6 is 11.6 Å². The lowest BCUT2D eigenvalue weighted by molar-refractivity contribution is -0.122. The molecule has 2 aliphatic rings. The van der Waals surface area contributed by atoms with Gasteiger partial charge in [-0.05, 0) is 12.1 Å². The minimum atomic E-state index is -0.517. The van der Waals surface area contributed by atoms with Crippen LogP contribution in [-0.4, -0.2) is 45.8 Å². The van der Waals surface area contributed by atoms with Crippen LogP contribution in [0.1, 0.15) is 6.42 Å². The van der Waals surface area contributed by atoms with E-state index in [0.717, 1.165) is 0 Å². The quantitative estimate of drug-likeness (QED) is 0.781. The number of carbonyl (C=O) groups is 2. The van der Waals surface area contributed by atoms with Gasteiger partial charge in [0.25, 0.3) is 0 Å². The summed E-state index contributed by atoms with van der Waals surface area (Å²) < 4.78 is 21.6. The molecule has 4 rings (SSSR count). The average Bonchev–Trinajstić information content (AvgIpc) is 3.16. The Morgan fingerprint density at radius 2 is 1.83 bits per heavy atom.